The van der Waals surface area contributed by atoms with Gasteiger partial charge in [0.25, 0.3) is 7.11 Å². The predicted molar refractivity (Wildman–Crippen MR) is 103 cm³/mol. The molecule has 1 saturated heterocycles. The summed E-state index contributed by atoms with van der Waals surface area (Å²) in [5, 5.41) is 0. The average Bonchev–Trinajstić information content (AvgIpc) is 3.22. The van der Waals surface area contributed by atoms with Crippen molar-refractivity contribution in [3.63, 3.8) is 0 Å². The number of amidine groups is 2. The molecule has 9 heteroatoms. The van der Waals surface area contributed by atoms with Gasteiger partial charge in [-0.25, -0.2) is 9.98 Å². The number of ketones is 1. The highest BCUT2D eigenvalue weighted by molar-refractivity contribution is 6.77. The zero-order valence-electron chi connectivity index (χ0n) is 12.6. The number of aliphatic imine (C=N–C) groups is 2. The molecule has 0 amide bonds. The van der Waals surface area contributed by atoms with Crippen LogP contribution in [0.2, 0.25) is 0 Å². The fourth-order valence-corrected chi connectivity index (χ4v) is 3.66. The summed E-state index contributed by atoms with van der Waals surface area (Å²) < 4.78 is 3.63. The maximum atomic E-state index is 6.04. The third-order valence-corrected chi connectivity index (χ3v) is 5.06. The Kier molecular flexibility index (Phi) is 3.98. The maximum Gasteiger partial charge on any atom is 0.350 e. The van der Waals surface area contributed by atoms with E-state index in [1.807, 2.05) is 41.3 Å². The number of hydrogen-bond acceptors (Lipinski definition) is 3. The number of carbonyl (C=O) groups excluding carboxylic acids is 1. The lowest BCUT2D eigenvalue weighted by Gasteiger charge is -2.18. The fourth-order valence-electron chi connectivity index (χ4n) is 3.16. The Morgan fingerprint density at radius 2 is 1.88 bits per heavy atom. The summed E-state index contributed by atoms with van der Waals surface area (Å²) in [5.74, 6) is 1.69. The molecule has 0 bridgehead atoms. The van der Waals surface area contributed by atoms with Gasteiger partial charge in [-0.15, -0.1) is 0 Å². The monoisotopic (exact) mass is 434 g/mol. The molecule has 0 radical (unpaired) electrons. The van der Waals surface area contributed by atoms with Crippen LogP contribution in [-0.2, 0) is 5.54 Å². The van der Waals surface area contributed by atoms with Gasteiger partial charge in [0.05, 0.1) is 5.56 Å². The van der Waals surface area contributed by atoms with Crippen LogP contribution in [-0.4, -0.2) is 33.3 Å². The Labute approximate surface area is 168 Å². The highest BCUT2D eigenvalue weighted by atomic mass is 35.6. The topological polar surface area (TPSA) is 39.0 Å². The molecule has 1 spiro atoms. The number of allylic oxidation sites excluding steroid dienone is 1. The van der Waals surface area contributed by atoms with Crippen molar-refractivity contribution >= 4 is 75.5 Å². The molecule has 1 aromatic rings. The highest BCUT2D eigenvalue weighted by Crippen LogP contribution is 2.55. The van der Waals surface area contributed by atoms with E-state index in [-0.39, 0.29) is 16.1 Å². The molecule has 4 nitrogen and oxygen atoms in total. The van der Waals surface area contributed by atoms with Gasteiger partial charge in [-0.1, -0.05) is 76.2 Å². The molecule has 25 heavy (non-hydrogen) atoms. The molecule has 1 fully saturated rings. The predicted octanol–water partition coefficient (Wildman–Crippen LogP) is 4.90. The van der Waals surface area contributed by atoms with E-state index in [0.717, 1.165) is 16.9 Å². The second kappa shape index (κ2) is 5.73. The van der Waals surface area contributed by atoms with Crippen LogP contribution in [0.4, 0.5) is 0 Å². The summed E-state index contributed by atoms with van der Waals surface area (Å²) in [4.78, 5) is 10.5. The molecule has 1 aliphatic carbocycles. The third kappa shape index (κ3) is 2.47. The van der Waals surface area contributed by atoms with Gasteiger partial charge in [-0.05, 0) is 12.1 Å². The van der Waals surface area contributed by atoms with Crippen LogP contribution in [0.25, 0.3) is 0 Å². The Hall–Kier alpha value is -1.04. The Bertz CT molecular complexity index is 937. The van der Waals surface area contributed by atoms with E-state index in [0.29, 0.717) is 5.84 Å². The lowest BCUT2D eigenvalue weighted by molar-refractivity contribution is -0.222. The minimum atomic E-state index is -1.79. The number of halogens is 5. The van der Waals surface area contributed by atoms with Crippen molar-refractivity contribution in [2.75, 3.05) is 7.11 Å². The van der Waals surface area contributed by atoms with Gasteiger partial charge in [0.1, 0.15) is 10.3 Å². The largest absolute Gasteiger partial charge is 0.350 e. The first-order valence-corrected chi connectivity index (χ1v) is 9.00. The molecule has 1 atom stereocenters. The zero-order chi connectivity index (χ0) is 18.0. The number of fused-ring (bicyclic) bond motifs is 5. The summed E-state index contributed by atoms with van der Waals surface area (Å²) in [6.07, 6.45) is 3.82. The standard InChI is InChI=1S/C16H9Cl5N3O/c1-25-10-6-7-15(9-5-3-2-4-8(9)10)14-23-13(16(19,20)21)22-12(11(17)18)24(14)15/h2-7H,1H3/q+1. The van der Waals surface area contributed by atoms with Crippen LogP contribution in [0.15, 0.2) is 56.7 Å². The molecule has 2 aliphatic heterocycles. The molecule has 0 aromatic heterocycles. The van der Waals surface area contributed by atoms with Crippen LogP contribution in [0.1, 0.15) is 15.6 Å². The molecule has 0 saturated carbocycles. The lowest BCUT2D eigenvalue weighted by atomic mass is 9.86. The summed E-state index contributed by atoms with van der Waals surface area (Å²) in [6, 6.07) is 7.81. The molecule has 1 unspecified atom stereocenters. The smallest absolute Gasteiger partial charge is 0.288 e. The quantitative estimate of drug-likeness (QED) is 0.324. The van der Waals surface area contributed by atoms with Crippen LogP contribution in [0, 0.1) is 0 Å². The molecular formula is C16H9Cl5N3O+. The SMILES string of the molecule is C[O+]=C1C=CC2(C3=NC(C(Cl)(Cl)Cl)=NC(=C(Cl)Cl)N32)c2ccccc21. The second-order valence-electron chi connectivity index (χ2n) is 5.50. The molecular weight excluding hydrogens is 427 g/mol. The minimum absolute atomic E-state index is 0.0156. The van der Waals surface area contributed by atoms with E-state index < -0.39 is 9.33 Å². The molecule has 1 aromatic carbocycles. The number of hydrogen-bond donors (Lipinski definition) is 0. The van der Waals surface area contributed by atoms with Crippen molar-refractivity contribution in [3.8, 4) is 0 Å². The van der Waals surface area contributed by atoms with Crippen molar-refractivity contribution < 1.29 is 4.42 Å². The van der Waals surface area contributed by atoms with E-state index in [2.05, 4.69) is 9.98 Å². The molecule has 128 valence electrons. The van der Waals surface area contributed by atoms with E-state index in [1.54, 1.807) is 7.11 Å². The molecule has 4 rings (SSSR count). The number of nitrogens with zero attached hydrogens (tertiary/aromatic N) is 3. The first kappa shape index (κ1) is 17.4. The Balaban J connectivity index is 1.95. The van der Waals surface area contributed by atoms with Crippen LogP contribution < -0.4 is 0 Å². The summed E-state index contributed by atoms with van der Waals surface area (Å²) in [6.45, 7) is 0. The summed E-state index contributed by atoms with van der Waals surface area (Å²) >= 11 is 30.0. The number of rotatable bonds is 0. The van der Waals surface area contributed by atoms with Crippen LogP contribution in [0.3, 0.4) is 0 Å². The first-order valence-electron chi connectivity index (χ1n) is 7.11. The molecule has 0 N–H and O–H groups in total. The van der Waals surface area contributed by atoms with Gasteiger partial charge in [0.15, 0.2) is 17.2 Å². The number of benzene rings is 1. The molecule has 3 aliphatic rings. The van der Waals surface area contributed by atoms with Crippen LogP contribution >= 0.6 is 58.0 Å². The van der Waals surface area contributed by atoms with Gasteiger partial charge in [-0.3, -0.25) is 9.32 Å². The fraction of sp³-hybridized carbons (Fsp3) is 0.188. The lowest BCUT2D eigenvalue weighted by Crippen LogP contribution is -2.22. The van der Waals surface area contributed by atoms with E-state index >= 15 is 0 Å². The second-order valence-corrected chi connectivity index (χ2v) is 8.73. The van der Waals surface area contributed by atoms with Crippen molar-refractivity contribution in [1.82, 2.24) is 4.90 Å². The Morgan fingerprint density at radius 1 is 1.16 bits per heavy atom. The third-order valence-electron chi connectivity index (χ3n) is 4.21. The van der Waals surface area contributed by atoms with E-state index in [4.69, 9.17) is 62.4 Å². The van der Waals surface area contributed by atoms with Crippen molar-refractivity contribution in [2.45, 2.75) is 9.33 Å². The van der Waals surface area contributed by atoms with Crippen molar-refractivity contribution in [1.29, 1.82) is 0 Å². The minimum Gasteiger partial charge on any atom is -0.288 e. The van der Waals surface area contributed by atoms with Gasteiger partial charge in [0, 0.05) is 11.6 Å². The van der Waals surface area contributed by atoms with E-state index in [9.17, 15) is 0 Å². The van der Waals surface area contributed by atoms with Gasteiger partial charge >= 0.3 is 5.78 Å². The van der Waals surface area contributed by atoms with E-state index in [1.165, 1.54) is 0 Å². The van der Waals surface area contributed by atoms with Crippen molar-refractivity contribution in [2.24, 2.45) is 9.98 Å². The highest BCUT2D eigenvalue weighted by Gasteiger charge is 2.66. The first-order chi connectivity index (χ1) is 11.8. The summed E-state index contributed by atoms with van der Waals surface area (Å²) in [5.41, 5.74) is 1.22. The number of alkyl halides is 3. The van der Waals surface area contributed by atoms with Gasteiger partial charge in [0.2, 0.25) is 3.79 Å². The van der Waals surface area contributed by atoms with Crippen molar-refractivity contribution in [3.05, 3.63) is 57.9 Å². The van der Waals surface area contributed by atoms with Crippen LogP contribution in [0.5, 0.6) is 0 Å². The van der Waals surface area contributed by atoms with Gasteiger partial charge in [-0.2, -0.15) is 0 Å². The maximum absolute atomic E-state index is 6.04. The summed E-state index contributed by atoms with van der Waals surface area (Å²) in [7, 11) is 1.62. The zero-order valence-corrected chi connectivity index (χ0v) is 16.4. The molecule has 2 heterocycles. The normalized spacial score (nSPS) is 25.6. The van der Waals surface area contributed by atoms with Gasteiger partial charge < -0.3 is 0 Å². The average molecular weight is 437 g/mol. The Morgan fingerprint density at radius 3 is 2.52 bits per heavy atom.